The Morgan fingerprint density at radius 2 is 1.85 bits per heavy atom. The molecule has 0 bridgehead atoms. The maximum absolute atomic E-state index is 12.6. The fraction of sp³-hybridized carbons (Fsp3) is 0.235. The van der Waals surface area contributed by atoms with Gasteiger partial charge in [-0.3, -0.25) is 4.79 Å². The van der Waals surface area contributed by atoms with Gasteiger partial charge < -0.3 is 10.1 Å². The van der Waals surface area contributed by atoms with E-state index in [-0.39, 0.29) is 16.5 Å². The zero-order valence-electron chi connectivity index (χ0n) is 14.4. The molecule has 9 heteroatoms. The summed E-state index contributed by atoms with van der Waals surface area (Å²) in [4.78, 5) is 12.1. The minimum Gasteiger partial charge on any atom is -0.495 e. The molecular formula is C17H18Cl2N2O4S. The van der Waals surface area contributed by atoms with Crippen molar-refractivity contribution >= 4 is 44.8 Å². The van der Waals surface area contributed by atoms with Crippen LogP contribution in [0, 0.1) is 6.92 Å². The second kappa shape index (κ2) is 8.26. The summed E-state index contributed by atoms with van der Waals surface area (Å²) >= 11 is 12.0. The van der Waals surface area contributed by atoms with E-state index < -0.39 is 15.9 Å². The molecule has 26 heavy (non-hydrogen) atoms. The molecule has 0 saturated carbocycles. The standard InChI is InChI=1S/C17H18Cl2N2O4S/c1-11-4-5-12(8-14(11)18)20-17(22)10-21(2)26(23,24)13-6-7-16(25-3)15(19)9-13/h4-9H,10H2,1-3H3,(H,20,22). The molecule has 2 rings (SSSR count). The molecule has 0 radical (unpaired) electrons. The number of nitrogens with zero attached hydrogens (tertiary/aromatic N) is 1. The lowest BCUT2D eigenvalue weighted by Crippen LogP contribution is -2.35. The third kappa shape index (κ3) is 4.67. The summed E-state index contributed by atoms with van der Waals surface area (Å²) in [6, 6.07) is 9.16. The molecule has 0 aromatic heterocycles. The minimum atomic E-state index is -3.88. The Hall–Kier alpha value is -1.80. The number of rotatable bonds is 6. The molecule has 0 spiro atoms. The van der Waals surface area contributed by atoms with E-state index in [2.05, 4.69) is 5.32 Å². The van der Waals surface area contributed by atoms with Gasteiger partial charge >= 0.3 is 0 Å². The molecule has 0 aliphatic heterocycles. The van der Waals surface area contributed by atoms with Crippen LogP contribution in [0.1, 0.15) is 5.56 Å². The fourth-order valence-corrected chi connectivity index (χ4v) is 3.80. The zero-order chi connectivity index (χ0) is 19.5. The lowest BCUT2D eigenvalue weighted by Gasteiger charge is -2.17. The molecule has 0 atom stereocenters. The van der Waals surface area contributed by atoms with E-state index in [0.717, 1.165) is 9.87 Å². The predicted molar refractivity (Wildman–Crippen MR) is 103 cm³/mol. The first-order valence-corrected chi connectivity index (χ1v) is 9.70. The molecule has 1 amide bonds. The highest BCUT2D eigenvalue weighted by Gasteiger charge is 2.24. The second-order valence-corrected chi connectivity index (χ2v) is 8.43. The van der Waals surface area contributed by atoms with Crippen LogP contribution in [-0.2, 0) is 14.8 Å². The first-order chi connectivity index (χ1) is 12.1. The number of anilines is 1. The number of aryl methyl sites for hydroxylation is 1. The maximum Gasteiger partial charge on any atom is 0.243 e. The van der Waals surface area contributed by atoms with E-state index >= 15 is 0 Å². The van der Waals surface area contributed by atoms with Gasteiger partial charge in [-0.15, -0.1) is 0 Å². The first-order valence-electron chi connectivity index (χ1n) is 7.51. The third-order valence-corrected chi connectivity index (χ3v) is 6.16. The smallest absolute Gasteiger partial charge is 0.243 e. The largest absolute Gasteiger partial charge is 0.495 e. The minimum absolute atomic E-state index is 0.0306. The Morgan fingerprint density at radius 1 is 1.15 bits per heavy atom. The van der Waals surface area contributed by atoms with Crippen molar-refractivity contribution in [3.05, 3.63) is 52.0 Å². The van der Waals surface area contributed by atoms with E-state index in [1.54, 1.807) is 18.2 Å². The van der Waals surface area contributed by atoms with Crippen molar-refractivity contribution in [2.75, 3.05) is 26.0 Å². The zero-order valence-corrected chi connectivity index (χ0v) is 16.7. The summed E-state index contributed by atoms with van der Waals surface area (Å²) in [5, 5.41) is 3.30. The molecule has 2 aromatic rings. The molecule has 0 aliphatic carbocycles. The van der Waals surface area contributed by atoms with E-state index in [4.69, 9.17) is 27.9 Å². The van der Waals surface area contributed by atoms with Gasteiger partial charge in [-0.2, -0.15) is 4.31 Å². The van der Waals surface area contributed by atoms with Crippen molar-refractivity contribution < 1.29 is 17.9 Å². The number of nitrogens with one attached hydrogen (secondary N) is 1. The summed E-state index contributed by atoms with van der Waals surface area (Å²) < 4.78 is 31.1. The molecular weight excluding hydrogens is 399 g/mol. The highest BCUT2D eigenvalue weighted by Crippen LogP contribution is 2.28. The van der Waals surface area contributed by atoms with E-state index in [0.29, 0.717) is 16.5 Å². The van der Waals surface area contributed by atoms with Crippen LogP contribution in [-0.4, -0.2) is 39.3 Å². The van der Waals surface area contributed by atoms with Crippen molar-refractivity contribution in [3.8, 4) is 5.75 Å². The topological polar surface area (TPSA) is 75.7 Å². The Bertz CT molecular complexity index is 932. The number of hydrogen-bond donors (Lipinski definition) is 1. The first kappa shape index (κ1) is 20.5. The number of ether oxygens (including phenoxy) is 1. The number of carbonyl (C=O) groups is 1. The molecule has 0 aliphatic rings. The summed E-state index contributed by atoms with van der Waals surface area (Å²) in [5.41, 5.74) is 1.37. The van der Waals surface area contributed by atoms with Crippen LogP contribution >= 0.6 is 23.2 Å². The van der Waals surface area contributed by atoms with Gasteiger partial charge in [0, 0.05) is 17.8 Å². The summed E-state index contributed by atoms with van der Waals surface area (Å²) in [6.45, 7) is 1.48. The van der Waals surface area contributed by atoms with Crippen molar-refractivity contribution in [1.29, 1.82) is 0 Å². The summed E-state index contributed by atoms with van der Waals surface area (Å²) in [6.07, 6.45) is 0. The quantitative estimate of drug-likeness (QED) is 0.780. The van der Waals surface area contributed by atoms with Gasteiger partial charge in [-0.25, -0.2) is 8.42 Å². The fourth-order valence-electron chi connectivity index (χ4n) is 2.15. The third-order valence-electron chi connectivity index (χ3n) is 3.65. The van der Waals surface area contributed by atoms with Gasteiger partial charge in [0.05, 0.1) is 23.6 Å². The van der Waals surface area contributed by atoms with Crippen LogP contribution in [0.25, 0.3) is 0 Å². The highest BCUT2D eigenvalue weighted by molar-refractivity contribution is 7.89. The van der Waals surface area contributed by atoms with Crippen molar-refractivity contribution in [2.24, 2.45) is 0 Å². The molecule has 140 valence electrons. The number of benzene rings is 2. The number of hydrogen-bond acceptors (Lipinski definition) is 4. The normalized spacial score (nSPS) is 11.5. The molecule has 0 fully saturated rings. The Morgan fingerprint density at radius 3 is 2.42 bits per heavy atom. The van der Waals surface area contributed by atoms with Gasteiger partial charge in [0.25, 0.3) is 0 Å². The maximum atomic E-state index is 12.6. The number of likely N-dealkylation sites (N-methyl/N-ethyl adjacent to an activating group) is 1. The summed E-state index contributed by atoms with van der Waals surface area (Å²) in [5.74, 6) is -0.127. The van der Waals surface area contributed by atoms with E-state index in [1.807, 2.05) is 6.92 Å². The van der Waals surface area contributed by atoms with Gasteiger partial charge in [0.1, 0.15) is 5.75 Å². The number of amides is 1. The second-order valence-electron chi connectivity index (χ2n) is 5.57. The molecule has 0 heterocycles. The summed E-state index contributed by atoms with van der Waals surface area (Å²) in [7, 11) is -1.13. The van der Waals surface area contributed by atoms with Gasteiger partial charge in [-0.1, -0.05) is 29.3 Å². The van der Waals surface area contributed by atoms with Crippen LogP contribution in [0.4, 0.5) is 5.69 Å². The molecule has 2 aromatic carbocycles. The average Bonchev–Trinajstić information content (AvgIpc) is 2.57. The average molecular weight is 417 g/mol. The number of halogens is 2. The predicted octanol–water partition coefficient (Wildman–Crippen LogP) is 3.57. The van der Waals surface area contributed by atoms with Gasteiger partial charge in [0.2, 0.25) is 15.9 Å². The Labute approximate surface area is 162 Å². The van der Waals surface area contributed by atoms with Crippen LogP contribution in [0.5, 0.6) is 5.75 Å². The lowest BCUT2D eigenvalue weighted by molar-refractivity contribution is -0.116. The number of methoxy groups -OCH3 is 1. The highest BCUT2D eigenvalue weighted by atomic mass is 35.5. The number of sulfonamides is 1. The van der Waals surface area contributed by atoms with Crippen LogP contribution in [0.15, 0.2) is 41.3 Å². The van der Waals surface area contributed by atoms with Crippen molar-refractivity contribution in [2.45, 2.75) is 11.8 Å². The molecule has 1 N–H and O–H groups in total. The SMILES string of the molecule is COc1ccc(S(=O)(=O)N(C)CC(=O)Nc2ccc(C)c(Cl)c2)cc1Cl. The van der Waals surface area contributed by atoms with Crippen LogP contribution < -0.4 is 10.1 Å². The Balaban J connectivity index is 2.11. The number of carbonyl (C=O) groups excluding carboxylic acids is 1. The van der Waals surface area contributed by atoms with Gasteiger partial charge in [-0.05, 0) is 42.8 Å². The molecule has 0 unspecified atom stereocenters. The monoisotopic (exact) mass is 416 g/mol. The van der Waals surface area contributed by atoms with E-state index in [1.165, 1.54) is 32.4 Å². The molecule has 6 nitrogen and oxygen atoms in total. The van der Waals surface area contributed by atoms with Crippen LogP contribution in [0.2, 0.25) is 10.0 Å². The molecule has 0 saturated heterocycles. The van der Waals surface area contributed by atoms with Gasteiger partial charge in [0.15, 0.2) is 0 Å². The van der Waals surface area contributed by atoms with Crippen LogP contribution in [0.3, 0.4) is 0 Å². The lowest BCUT2D eigenvalue weighted by atomic mass is 10.2. The van der Waals surface area contributed by atoms with E-state index in [9.17, 15) is 13.2 Å². The van der Waals surface area contributed by atoms with Crippen molar-refractivity contribution in [1.82, 2.24) is 4.31 Å². The Kier molecular flexibility index (Phi) is 6.52. The van der Waals surface area contributed by atoms with Crippen molar-refractivity contribution in [3.63, 3.8) is 0 Å².